The smallest absolute Gasteiger partial charge is 0.119 e. The van der Waals surface area contributed by atoms with Crippen molar-refractivity contribution in [3.05, 3.63) is 54.0 Å². The molecule has 0 saturated carbocycles. The molecule has 3 heteroatoms. The third-order valence-electron chi connectivity index (χ3n) is 3.49. The summed E-state index contributed by atoms with van der Waals surface area (Å²) in [6.07, 6.45) is 4.85. The second-order valence-electron chi connectivity index (χ2n) is 5.13. The number of nitrogens with one attached hydrogen (secondary N) is 1. The zero-order valence-corrected chi connectivity index (χ0v) is 13.0. The van der Waals surface area contributed by atoms with Crippen LogP contribution in [0.4, 0.5) is 0 Å². The van der Waals surface area contributed by atoms with Crippen LogP contribution in [0.25, 0.3) is 0 Å². The number of benzene rings is 1. The minimum Gasteiger partial charge on any atom is -0.494 e. The first-order valence-corrected chi connectivity index (χ1v) is 7.82. The summed E-state index contributed by atoms with van der Waals surface area (Å²) in [5, 5.41) is 3.62. The number of rotatable bonds is 9. The lowest BCUT2D eigenvalue weighted by molar-refractivity contribution is 0.340. The highest BCUT2D eigenvalue weighted by atomic mass is 16.5. The van der Waals surface area contributed by atoms with Crippen LogP contribution in [0.5, 0.6) is 5.75 Å². The summed E-state index contributed by atoms with van der Waals surface area (Å²) >= 11 is 0. The Morgan fingerprint density at radius 3 is 2.57 bits per heavy atom. The van der Waals surface area contributed by atoms with Gasteiger partial charge in [-0.15, -0.1) is 0 Å². The Balaban J connectivity index is 1.99. The van der Waals surface area contributed by atoms with E-state index in [4.69, 9.17) is 9.15 Å². The predicted octanol–water partition coefficient (Wildman–Crippen LogP) is 4.35. The number of furan rings is 1. The molecule has 0 aliphatic rings. The van der Waals surface area contributed by atoms with Gasteiger partial charge in [-0.25, -0.2) is 0 Å². The molecule has 1 aromatic heterocycles. The molecule has 0 fully saturated rings. The largest absolute Gasteiger partial charge is 0.494 e. The quantitative estimate of drug-likeness (QED) is 0.744. The number of aryl methyl sites for hydroxylation is 1. The summed E-state index contributed by atoms with van der Waals surface area (Å²) in [5.74, 6) is 1.98. The van der Waals surface area contributed by atoms with Crippen molar-refractivity contribution < 1.29 is 9.15 Å². The Hall–Kier alpha value is -1.74. The maximum Gasteiger partial charge on any atom is 0.119 e. The van der Waals surface area contributed by atoms with E-state index in [1.165, 1.54) is 5.56 Å². The highest BCUT2D eigenvalue weighted by Crippen LogP contribution is 2.22. The maximum atomic E-state index is 5.51. The van der Waals surface area contributed by atoms with Crippen molar-refractivity contribution in [3.63, 3.8) is 0 Å². The molecular formula is C18H25NO2. The molecule has 0 aliphatic carbocycles. The minimum absolute atomic E-state index is 0.353. The van der Waals surface area contributed by atoms with Gasteiger partial charge in [0.1, 0.15) is 11.5 Å². The van der Waals surface area contributed by atoms with Crippen LogP contribution >= 0.6 is 0 Å². The van der Waals surface area contributed by atoms with E-state index in [1.807, 2.05) is 31.2 Å². The van der Waals surface area contributed by atoms with E-state index in [2.05, 4.69) is 24.4 Å². The van der Waals surface area contributed by atoms with Gasteiger partial charge in [0.15, 0.2) is 0 Å². The fourth-order valence-electron chi connectivity index (χ4n) is 2.41. The molecule has 0 radical (unpaired) electrons. The Bertz CT molecular complexity index is 490. The van der Waals surface area contributed by atoms with Crippen molar-refractivity contribution >= 4 is 0 Å². The molecule has 1 heterocycles. The van der Waals surface area contributed by atoms with Crippen LogP contribution < -0.4 is 10.1 Å². The van der Waals surface area contributed by atoms with Gasteiger partial charge in [0, 0.05) is 12.5 Å². The van der Waals surface area contributed by atoms with Crippen molar-refractivity contribution in [1.82, 2.24) is 5.32 Å². The van der Waals surface area contributed by atoms with Crippen LogP contribution in [0.15, 0.2) is 47.1 Å². The highest BCUT2D eigenvalue weighted by molar-refractivity contribution is 5.29. The number of hydrogen-bond donors (Lipinski definition) is 1. The number of ether oxygens (including phenoxy) is 1. The van der Waals surface area contributed by atoms with E-state index < -0.39 is 0 Å². The van der Waals surface area contributed by atoms with Crippen molar-refractivity contribution in [1.29, 1.82) is 0 Å². The zero-order valence-electron chi connectivity index (χ0n) is 13.0. The molecule has 1 atom stereocenters. The minimum atomic E-state index is 0.353. The van der Waals surface area contributed by atoms with Crippen LogP contribution in [0.1, 0.15) is 44.1 Å². The Kier molecular flexibility index (Phi) is 6.35. The van der Waals surface area contributed by atoms with E-state index >= 15 is 0 Å². The topological polar surface area (TPSA) is 34.4 Å². The van der Waals surface area contributed by atoms with Crippen molar-refractivity contribution in [2.24, 2.45) is 0 Å². The molecule has 0 spiro atoms. The van der Waals surface area contributed by atoms with E-state index in [0.717, 1.165) is 37.3 Å². The normalized spacial score (nSPS) is 12.3. The van der Waals surface area contributed by atoms with Gasteiger partial charge in [-0.2, -0.15) is 0 Å². The zero-order chi connectivity index (χ0) is 14.9. The maximum absolute atomic E-state index is 5.51. The monoisotopic (exact) mass is 287 g/mol. The summed E-state index contributed by atoms with van der Waals surface area (Å²) in [6.45, 7) is 5.92. The van der Waals surface area contributed by atoms with Crippen molar-refractivity contribution in [2.75, 3.05) is 13.2 Å². The number of hydrogen-bond acceptors (Lipinski definition) is 3. The Morgan fingerprint density at radius 2 is 1.95 bits per heavy atom. The lowest BCUT2D eigenvalue weighted by Gasteiger charge is -2.19. The lowest BCUT2D eigenvalue weighted by atomic mass is 10.0. The summed E-state index contributed by atoms with van der Waals surface area (Å²) in [7, 11) is 0. The molecule has 1 N–H and O–H groups in total. The predicted molar refractivity (Wildman–Crippen MR) is 85.7 cm³/mol. The molecule has 21 heavy (non-hydrogen) atoms. The molecule has 1 unspecified atom stereocenters. The van der Waals surface area contributed by atoms with Gasteiger partial charge in [-0.1, -0.05) is 19.1 Å². The van der Waals surface area contributed by atoms with Crippen molar-refractivity contribution in [2.45, 2.75) is 39.2 Å². The fourth-order valence-corrected chi connectivity index (χ4v) is 2.41. The Morgan fingerprint density at radius 1 is 1.14 bits per heavy atom. The van der Waals surface area contributed by atoms with Crippen LogP contribution in [0.2, 0.25) is 0 Å². The average Bonchev–Trinajstić information content (AvgIpc) is 3.02. The molecule has 2 rings (SSSR count). The van der Waals surface area contributed by atoms with E-state index in [9.17, 15) is 0 Å². The molecular weight excluding hydrogens is 262 g/mol. The summed E-state index contributed by atoms with van der Waals surface area (Å²) in [6, 6.07) is 12.7. The first-order chi connectivity index (χ1) is 10.3. The third kappa shape index (κ3) is 4.94. The molecule has 114 valence electrons. The van der Waals surface area contributed by atoms with Crippen LogP contribution in [0.3, 0.4) is 0 Å². The van der Waals surface area contributed by atoms with E-state index in [1.54, 1.807) is 6.26 Å². The first-order valence-electron chi connectivity index (χ1n) is 7.82. The molecule has 2 aromatic rings. The van der Waals surface area contributed by atoms with Gasteiger partial charge in [0.25, 0.3) is 0 Å². The van der Waals surface area contributed by atoms with Crippen LogP contribution in [0, 0.1) is 0 Å². The summed E-state index contributed by atoms with van der Waals surface area (Å²) < 4.78 is 10.9. The SMILES string of the molecule is CCCNC(CCc1ccco1)c1ccc(OCC)cc1. The molecule has 0 bridgehead atoms. The molecule has 1 aromatic carbocycles. The Labute approximate surface area is 127 Å². The summed E-state index contributed by atoms with van der Waals surface area (Å²) in [5.41, 5.74) is 1.30. The molecule has 0 amide bonds. The van der Waals surface area contributed by atoms with Gasteiger partial charge in [0.05, 0.1) is 12.9 Å². The molecule has 0 saturated heterocycles. The van der Waals surface area contributed by atoms with Crippen LogP contribution in [-0.4, -0.2) is 13.2 Å². The lowest BCUT2D eigenvalue weighted by Crippen LogP contribution is -2.22. The first kappa shape index (κ1) is 15.6. The fraction of sp³-hybridized carbons (Fsp3) is 0.444. The van der Waals surface area contributed by atoms with Gasteiger partial charge in [-0.05, 0) is 56.1 Å². The molecule has 3 nitrogen and oxygen atoms in total. The standard InChI is InChI=1S/C18H25NO2/c1-3-13-19-18(12-11-16-6-5-14-21-16)15-7-9-17(10-8-15)20-4-2/h5-10,14,18-19H,3-4,11-13H2,1-2H3. The second-order valence-corrected chi connectivity index (χ2v) is 5.13. The van der Waals surface area contributed by atoms with Crippen LogP contribution in [-0.2, 0) is 6.42 Å². The summed E-state index contributed by atoms with van der Waals surface area (Å²) in [4.78, 5) is 0. The third-order valence-corrected chi connectivity index (χ3v) is 3.49. The van der Waals surface area contributed by atoms with Gasteiger partial charge in [0.2, 0.25) is 0 Å². The molecule has 0 aliphatic heterocycles. The van der Waals surface area contributed by atoms with Gasteiger partial charge >= 0.3 is 0 Å². The van der Waals surface area contributed by atoms with Crippen molar-refractivity contribution in [3.8, 4) is 5.75 Å². The van der Waals surface area contributed by atoms with E-state index in [-0.39, 0.29) is 0 Å². The second kappa shape index (κ2) is 8.53. The van der Waals surface area contributed by atoms with Gasteiger partial charge < -0.3 is 14.5 Å². The average molecular weight is 287 g/mol. The highest BCUT2D eigenvalue weighted by Gasteiger charge is 2.11. The van der Waals surface area contributed by atoms with E-state index in [0.29, 0.717) is 12.6 Å². The van der Waals surface area contributed by atoms with Gasteiger partial charge in [-0.3, -0.25) is 0 Å².